The molecule has 1 saturated heterocycles. The third kappa shape index (κ3) is 2.67. The van der Waals surface area contributed by atoms with Gasteiger partial charge in [-0.3, -0.25) is 0 Å². The number of nitrogen functional groups attached to an aromatic ring is 1. The van der Waals surface area contributed by atoms with Gasteiger partial charge in [0.25, 0.3) is 0 Å². The van der Waals surface area contributed by atoms with Crippen LogP contribution in [0.2, 0.25) is 0 Å². The van der Waals surface area contributed by atoms with Crippen molar-refractivity contribution in [3.8, 4) is 5.75 Å². The number of benzene rings is 1. The van der Waals surface area contributed by atoms with E-state index < -0.39 is 0 Å². The summed E-state index contributed by atoms with van der Waals surface area (Å²) in [6.07, 6.45) is 3.60. The SMILES string of the molecule is COc1ccc(CCC2CCNC2)c(N)c1. The molecule has 1 heterocycles. The number of rotatable bonds is 4. The largest absolute Gasteiger partial charge is 0.497 e. The van der Waals surface area contributed by atoms with Crippen LogP contribution in [0.3, 0.4) is 0 Å². The van der Waals surface area contributed by atoms with Crippen LogP contribution in [-0.2, 0) is 6.42 Å². The van der Waals surface area contributed by atoms with Crippen molar-refractivity contribution >= 4 is 5.69 Å². The first-order valence-corrected chi connectivity index (χ1v) is 5.92. The Labute approximate surface area is 97.0 Å². The first kappa shape index (κ1) is 11.3. The topological polar surface area (TPSA) is 47.3 Å². The average molecular weight is 220 g/mol. The van der Waals surface area contributed by atoms with Gasteiger partial charge in [0.15, 0.2) is 0 Å². The van der Waals surface area contributed by atoms with E-state index in [1.165, 1.54) is 24.9 Å². The zero-order valence-corrected chi connectivity index (χ0v) is 9.83. The van der Waals surface area contributed by atoms with Gasteiger partial charge in [0.1, 0.15) is 5.75 Å². The van der Waals surface area contributed by atoms with Gasteiger partial charge in [-0.2, -0.15) is 0 Å². The molecule has 1 aliphatic heterocycles. The summed E-state index contributed by atoms with van der Waals surface area (Å²) in [5, 5.41) is 3.39. The molecule has 1 unspecified atom stereocenters. The number of ether oxygens (including phenoxy) is 1. The number of hydrogen-bond donors (Lipinski definition) is 2. The first-order valence-electron chi connectivity index (χ1n) is 5.92. The van der Waals surface area contributed by atoms with Crippen LogP contribution >= 0.6 is 0 Å². The Morgan fingerprint density at radius 2 is 2.38 bits per heavy atom. The van der Waals surface area contributed by atoms with Crippen LogP contribution in [0.5, 0.6) is 5.75 Å². The highest BCUT2D eigenvalue weighted by atomic mass is 16.5. The van der Waals surface area contributed by atoms with Crippen LogP contribution in [-0.4, -0.2) is 20.2 Å². The highest BCUT2D eigenvalue weighted by Crippen LogP contribution is 2.23. The van der Waals surface area contributed by atoms with Gasteiger partial charge in [-0.15, -0.1) is 0 Å². The first-order chi connectivity index (χ1) is 7.79. The number of methoxy groups -OCH3 is 1. The van der Waals surface area contributed by atoms with Crippen molar-refractivity contribution < 1.29 is 4.74 Å². The van der Waals surface area contributed by atoms with Gasteiger partial charge < -0.3 is 15.8 Å². The zero-order chi connectivity index (χ0) is 11.4. The third-order valence-electron chi connectivity index (χ3n) is 3.34. The standard InChI is InChI=1S/C13H20N2O/c1-16-12-5-4-11(13(14)8-12)3-2-10-6-7-15-9-10/h4-5,8,10,15H,2-3,6-7,9,14H2,1H3. The Balaban J connectivity index is 1.93. The molecule has 16 heavy (non-hydrogen) atoms. The predicted molar refractivity (Wildman–Crippen MR) is 66.7 cm³/mol. The fraction of sp³-hybridized carbons (Fsp3) is 0.538. The molecule has 88 valence electrons. The second-order valence-corrected chi connectivity index (χ2v) is 4.46. The van der Waals surface area contributed by atoms with E-state index in [4.69, 9.17) is 10.5 Å². The summed E-state index contributed by atoms with van der Waals surface area (Å²) in [5.74, 6) is 1.66. The van der Waals surface area contributed by atoms with Gasteiger partial charge >= 0.3 is 0 Å². The Morgan fingerprint density at radius 3 is 3.00 bits per heavy atom. The predicted octanol–water partition coefficient (Wildman–Crippen LogP) is 1.82. The molecule has 3 nitrogen and oxygen atoms in total. The van der Waals surface area contributed by atoms with Crippen LogP contribution in [0.15, 0.2) is 18.2 Å². The summed E-state index contributed by atoms with van der Waals surface area (Å²) < 4.78 is 5.14. The smallest absolute Gasteiger partial charge is 0.120 e. The Hall–Kier alpha value is -1.22. The summed E-state index contributed by atoms with van der Waals surface area (Å²) in [6.45, 7) is 2.33. The minimum atomic E-state index is 0.821. The number of anilines is 1. The number of nitrogens with two attached hydrogens (primary N) is 1. The van der Waals surface area contributed by atoms with E-state index in [2.05, 4.69) is 11.4 Å². The van der Waals surface area contributed by atoms with E-state index in [1.807, 2.05) is 12.1 Å². The molecular formula is C13H20N2O. The van der Waals surface area contributed by atoms with Gasteiger partial charge in [0, 0.05) is 11.8 Å². The molecule has 0 aromatic heterocycles. The van der Waals surface area contributed by atoms with Crippen LogP contribution in [0.1, 0.15) is 18.4 Å². The fourth-order valence-electron chi connectivity index (χ4n) is 2.25. The fourth-order valence-corrected chi connectivity index (χ4v) is 2.25. The maximum atomic E-state index is 5.99. The highest BCUT2D eigenvalue weighted by Gasteiger charge is 2.14. The minimum absolute atomic E-state index is 0.821. The molecule has 2 rings (SSSR count). The van der Waals surface area contributed by atoms with E-state index >= 15 is 0 Å². The quantitative estimate of drug-likeness (QED) is 0.761. The maximum absolute atomic E-state index is 5.99. The molecule has 0 radical (unpaired) electrons. The van der Waals surface area contributed by atoms with Crippen molar-refractivity contribution in [2.45, 2.75) is 19.3 Å². The summed E-state index contributed by atoms with van der Waals surface area (Å²) in [4.78, 5) is 0. The van der Waals surface area contributed by atoms with Gasteiger partial charge in [-0.1, -0.05) is 6.07 Å². The molecule has 1 atom stereocenters. The number of hydrogen-bond acceptors (Lipinski definition) is 3. The van der Waals surface area contributed by atoms with Crippen LogP contribution in [0.25, 0.3) is 0 Å². The lowest BCUT2D eigenvalue weighted by Gasteiger charge is -2.10. The zero-order valence-electron chi connectivity index (χ0n) is 9.83. The molecule has 1 aliphatic rings. The van der Waals surface area contributed by atoms with Crippen molar-refractivity contribution in [3.63, 3.8) is 0 Å². The molecule has 1 aromatic carbocycles. The van der Waals surface area contributed by atoms with Gasteiger partial charge in [-0.25, -0.2) is 0 Å². The van der Waals surface area contributed by atoms with Crippen LogP contribution < -0.4 is 15.8 Å². The lowest BCUT2D eigenvalue weighted by Crippen LogP contribution is -2.09. The Morgan fingerprint density at radius 1 is 1.50 bits per heavy atom. The monoisotopic (exact) mass is 220 g/mol. The summed E-state index contributed by atoms with van der Waals surface area (Å²) in [5.41, 5.74) is 8.08. The van der Waals surface area contributed by atoms with Gasteiger partial charge in [0.05, 0.1) is 7.11 Å². The van der Waals surface area contributed by atoms with Crippen molar-refractivity contribution in [1.29, 1.82) is 0 Å². The normalized spacial score (nSPS) is 19.9. The van der Waals surface area contributed by atoms with Crippen molar-refractivity contribution in [3.05, 3.63) is 23.8 Å². The Kier molecular flexibility index (Phi) is 3.67. The summed E-state index contributed by atoms with van der Waals surface area (Å²) in [7, 11) is 1.67. The van der Waals surface area contributed by atoms with E-state index in [-0.39, 0.29) is 0 Å². The van der Waals surface area contributed by atoms with Gasteiger partial charge in [-0.05, 0) is 49.9 Å². The molecule has 3 heteroatoms. The maximum Gasteiger partial charge on any atom is 0.120 e. The Bertz CT molecular complexity index is 346. The minimum Gasteiger partial charge on any atom is -0.497 e. The van der Waals surface area contributed by atoms with Gasteiger partial charge in [0.2, 0.25) is 0 Å². The van der Waals surface area contributed by atoms with E-state index in [0.29, 0.717) is 0 Å². The van der Waals surface area contributed by atoms with Crippen molar-refractivity contribution in [2.24, 2.45) is 5.92 Å². The average Bonchev–Trinajstić information content (AvgIpc) is 2.80. The molecule has 1 fully saturated rings. The van der Waals surface area contributed by atoms with Crippen LogP contribution in [0, 0.1) is 5.92 Å². The van der Waals surface area contributed by atoms with Crippen molar-refractivity contribution in [2.75, 3.05) is 25.9 Å². The summed E-state index contributed by atoms with van der Waals surface area (Å²) in [6, 6.07) is 5.97. The van der Waals surface area contributed by atoms with E-state index in [9.17, 15) is 0 Å². The molecule has 3 N–H and O–H groups in total. The second kappa shape index (κ2) is 5.21. The molecule has 1 aromatic rings. The lowest BCUT2D eigenvalue weighted by molar-refractivity contribution is 0.415. The lowest BCUT2D eigenvalue weighted by atomic mass is 9.98. The number of aryl methyl sites for hydroxylation is 1. The molecule has 0 spiro atoms. The summed E-state index contributed by atoms with van der Waals surface area (Å²) >= 11 is 0. The van der Waals surface area contributed by atoms with Crippen LogP contribution in [0.4, 0.5) is 5.69 Å². The highest BCUT2D eigenvalue weighted by molar-refractivity contribution is 5.51. The molecular weight excluding hydrogens is 200 g/mol. The van der Waals surface area contributed by atoms with Crippen molar-refractivity contribution in [1.82, 2.24) is 5.32 Å². The van der Waals surface area contributed by atoms with E-state index in [1.54, 1.807) is 7.11 Å². The van der Waals surface area contributed by atoms with E-state index in [0.717, 1.165) is 30.3 Å². The molecule has 0 amide bonds. The molecule has 0 saturated carbocycles. The molecule has 0 aliphatic carbocycles. The third-order valence-corrected chi connectivity index (χ3v) is 3.34. The number of nitrogens with one attached hydrogen (secondary N) is 1. The second-order valence-electron chi connectivity index (χ2n) is 4.46. The molecule has 0 bridgehead atoms.